The van der Waals surface area contributed by atoms with Crippen LogP contribution in [0, 0.1) is 0 Å². The zero-order valence-corrected chi connectivity index (χ0v) is 9.98. The molecule has 0 aliphatic heterocycles. The molecule has 2 rings (SSSR count). The van der Waals surface area contributed by atoms with Crippen molar-refractivity contribution in [3.63, 3.8) is 0 Å². The Labute approximate surface area is 105 Å². The van der Waals surface area contributed by atoms with Gasteiger partial charge in [0.1, 0.15) is 0 Å². The van der Waals surface area contributed by atoms with Gasteiger partial charge in [-0.2, -0.15) is 0 Å². The maximum absolute atomic E-state index is 11.5. The van der Waals surface area contributed by atoms with Gasteiger partial charge < -0.3 is 16.2 Å². The summed E-state index contributed by atoms with van der Waals surface area (Å²) in [4.78, 5) is 22.1. The monoisotopic (exact) mass is 248 g/mol. The van der Waals surface area contributed by atoms with Crippen molar-refractivity contribution in [2.45, 2.75) is 31.7 Å². The number of rotatable bonds is 3. The van der Waals surface area contributed by atoms with Crippen LogP contribution in [0.25, 0.3) is 0 Å². The zero-order valence-electron chi connectivity index (χ0n) is 9.98. The van der Waals surface area contributed by atoms with Crippen LogP contribution in [0.4, 0.5) is 5.69 Å². The van der Waals surface area contributed by atoms with Crippen LogP contribution in [-0.2, 0) is 22.4 Å². The van der Waals surface area contributed by atoms with E-state index in [0.29, 0.717) is 5.69 Å². The predicted octanol–water partition coefficient (Wildman–Crippen LogP) is 0.916. The fourth-order valence-corrected chi connectivity index (χ4v) is 2.14. The van der Waals surface area contributed by atoms with Crippen molar-refractivity contribution in [1.29, 1.82) is 0 Å². The summed E-state index contributed by atoms with van der Waals surface area (Å²) in [5, 5.41) is 11.2. The van der Waals surface area contributed by atoms with Crippen LogP contribution < -0.4 is 11.1 Å². The Morgan fingerprint density at radius 2 is 1.89 bits per heavy atom. The Hall–Kier alpha value is -1.88. The largest absolute Gasteiger partial charge is 0.480 e. The van der Waals surface area contributed by atoms with E-state index < -0.39 is 17.9 Å². The molecule has 0 radical (unpaired) electrons. The SMILES string of the molecule is NC(C(=O)O)C(=O)Nc1ccc2c(c1)CCCC2. The summed E-state index contributed by atoms with van der Waals surface area (Å²) in [5.74, 6) is -2.02. The van der Waals surface area contributed by atoms with Crippen LogP contribution in [0.1, 0.15) is 24.0 Å². The van der Waals surface area contributed by atoms with Crippen molar-refractivity contribution in [2.24, 2.45) is 5.73 Å². The molecule has 0 saturated heterocycles. The van der Waals surface area contributed by atoms with Gasteiger partial charge in [-0.15, -0.1) is 0 Å². The van der Waals surface area contributed by atoms with Gasteiger partial charge in [0, 0.05) is 5.69 Å². The van der Waals surface area contributed by atoms with Gasteiger partial charge in [0.15, 0.2) is 6.04 Å². The molecular weight excluding hydrogens is 232 g/mol. The second kappa shape index (κ2) is 5.18. The smallest absolute Gasteiger partial charge is 0.330 e. The van der Waals surface area contributed by atoms with Crippen molar-refractivity contribution < 1.29 is 14.7 Å². The van der Waals surface area contributed by atoms with E-state index in [0.717, 1.165) is 19.3 Å². The molecule has 0 bridgehead atoms. The summed E-state index contributed by atoms with van der Waals surface area (Å²) >= 11 is 0. The highest BCUT2D eigenvalue weighted by atomic mass is 16.4. The molecule has 1 aliphatic rings. The summed E-state index contributed by atoms with van der Waals surface area (Å²) in [6, 6.07) is 4.15. The first-order valence-corrected chi connectivity index (χ1v) is 5.99. The maximum atomic E-state index is 11.5. The number of aryl methyl sites for hydroxylation is 2. The average Bonchev–Trinajstić information content (AvgIpc) is 2.37. The average molecular weight is 248 g/mol. The maximum Gasteiger partial charge on any atom is 0.330 e. The topological polar surface area (TPSA) is 92.4 Å². The normalized spacial score (nSPS) is 15.6. The molecule has 0 spiro atoms. The van der Waals surface area contributed by atoms with Gasteiger partial charge in [-0.05, 0) is 48.9 Å². The number of carbonyl (C=O) groups excluding carboxylic acids is 1. The second-order valence-electron chi connectivity index (χ2n) is 4.50. The van der Waals surface area contributed by atoms with Crippen LogP contribution in [0.5, 0.6) is 0 Å². The van der Waals surface area contributed by atoms with E-state index in [-0.39, 0.29) is 0 Å². The van der Waals surface area contributed by atoms with E-state index in [9.17, 15) is 9.59 Å². The fraction of sp³-hybridized carbons (Fsp3) is 0.385. The van der Waals surface area contributed by atoms with Crippen LogP contribution in [-0.4, -0.2) is 23.0 Å². The Kier molecular flexibility index (Phi) is 3.62. The highest BCUT2D eigenvalue weighted by molar-refractivity contribution is 6.07. The van der Waals surface area contributed by atoms with Crippen LogP contribution in [0.15, 0.2) is 18.2 Å². The van der Waals surface area contributed by atoms with Gasteiger partial charge in [-0.1, -0.05) is 6.07 Å². The molecule has 1 aliphatic carbocycles. The third-order valence-corrected chi connectivity index (χ3v) is 3.16. The molecule has 1 atom stereocenters. The first-order valence-electron chi connectivity index (χ1n) is 5.99. The molecule has 5 nitrogen and oxygen atoms in total. The molecule has 1 aromatic rings. The molecule has 4 N–H and O–H groups in total. The van der Waals surface area contributed by atoms with Gasteiger partial charge in [0.05, 0.1) is 0 Å². The van der Waals surface area contributed by atoms with E-state index in [1.54, 1.807) is 6.07 Å². The lowest BCUT2D eigenvalue weighted by Gasteiger charge is -2.17. The van der Waals surface area contributed by atoms with Crippen molar-refractivity contribution in [3.8, 4) is 0 Å². The van der Waals surface area contributed by atoms with E-state index in [4.69, 9.17) is 10.8 Å². The Morgan fingerprint density at radius 3 is 2.56 bits per heavy atom. The van der Waals surface area contributed by atoms with Gasteiger partial charge in [-0.3, -0.25) is 4.79 Å². The van der Waals surface area contributed by atoms with E-state index in [2.05, 4.69) is 5.32 Å². The molecule has 1 unspecified atom stereocenters. The van der Waals surface area contributed by atoms with Crippen molar-refractivity contribution in [1.82, 2.24) is 0 Å². The minimum Gasteiger partial charge on any atom is -0.480 e. The first-order chi connectivity index (χ1) is 8.58. The van der Waals surface area contributed by atoms with Crippen LogP contribution >= 0.6 is 0 Å². The molecule has 0 fully saturated rings. The molecule has 18 heavy (non-hydrogen) atoms. The number of carbonyl (C=O) groups is 2. The summed E-state index contributed by atoms with van der Waals surface area (Å²) in [5.41, 5.74) is 8.37. The molecule has 96 valence electrons. The molecule has 0 heterocycles. The summed E-state index contributed by atoms with van der Waals surface area (Å²) in [6.45, 7) is 0. The Balaban J connectivity index is 2.10. The Bertz CT molecular complexity index is 485. The van der Waals surface area contributed by atoms with Gasteiger partial charge >= 0.3 is 5.97 Å². The van der Waals surface area contributed by atoms with Crippen molar-refractivity contribution in [2.75, 3.05) is 5.32 Å². The molecular formula is C13H16N2O3. The second-order valence-corrected chi connectivity index (χ2v) is 4.50. The lowest BCUT2D eigenvalue weighted by atomic mass is 9.91. The third-order valence-electron chi connectivity index (χ3n) is 3.16. The van der Waals surface area contributed by atoms with E-state index in [1.807, 2.05) is 12.1 Å². The number of benzene rings is 1. The molecule has 5 heteroatoms. The summed E-state index contributed by atoms with van der Waals surface area (Å²) in [7, 11) is 0. The number of nitrogens with one attached hydrogen (secondary N) is 1. The minimum atomic E-state index is -1.53. The number of nitrogens with two attached hydrogens (primary N) is 1. The predicted molar refractivity (Wildman–Crippen MR) is 67.3 cm³/mol. The number of carboxylic acid groups (broad SMARTS) is 1. The van der Waals surface area contributed by atoms with E-state index >= 15 is 0 Å². The van der Waals surface area contributed by atoms with Gasteiger partial charge in [-0.25, -0.2) is 4.79 Å². The molecule has 0 aromatic heterocycles. The molecule has 1 aromatic carbocycles. The van der Waals surface area contributed by atoms with Crippen LogP contribution in [0.2, 0.25) is 0 Å². The van der Waals surface area contributed by atoms with Gasteiger partial charge in [0.25, 0.3) is 5.91 Å². The number of anilines is 1. The minimum absolute atomic E-state index is 0.609. The highest BCUT2D eigenvalue weighted by Gasteiger charge is 2.21. The third kappa shape index (κ3) is 2.68. The lowest BCUT2D eigenvalue weighted by molar-refractivity contribution is -0.141. The zero-order chi connectivity index (χ0) is 13.1. The summed E-state index contributed by atoms with van der Waals surface area (Å²) < 4.78 is 0. The number of fused-ring (bicyclic) bond motifs is 1. The number of amides is 1. The number of hydrogen-bond donors (Lipinski definition) is 3. The number of hydrogen-bond acceptors (Lipinski definition) is 3. The van der Waals surface area contributed by atoms with Crippen LogP contribution in [0.3, 0.4) is 0 Å². The first kappa shape index (κ1) is 12.6. The van der Waals surface area contributed by atoms with E-state index in [1.165, 1.54) is 17.5 Å². The van der Waals surface area contributed by atoms with Gasteiger partial charge in [0.2, 0.25) is 0 Å². The highest BCUT2D eigenvalue weighted by Crippen LogP contribution is 2.24. The number of carboxylic acids is 1. The molecule has 1 amide bonds. The number of aliphatic carboxylic acids is 1. The van der Waals surface area contributed by atoms with Crippen molar-refractivity contribution in [3.05, 3.63) is 29.3 Å². The summed E-state index contributed by atoms with van der Waals surface area (Å²) in [6.07, 6.45) is 4.42. The van der Waals surface area contributed by atoms with Crippen molar-refractivity contribution >= 4 is 17.6 Å². The lowest BCUT2D eigenvalue weighted by Crippen LogP contribution is -2.42. The Morgan fingerprint density at radius 1 is 1.22 bits per heavy atom. The molecule has 0 saturated carbocycles. The quantitative estimate of drug-likeness (QED) is 0.693. The fourth-order valence-electron chi connectivity index (χ4n) is 2.14. The standard InChI is InChI=1S/C13H16N2O3/c14-11(13(17)18)12(16)15-10-6-5-8-3-1-2-4-9(8)7-10/h5-7,11H,1-4,14H2,(H,15,16)(H,17,18).